The molecule has 0 atom stereocenters. The number of amides is 2. The molecule has 1 heterocycles. The first kappa shape index (κ1) is 21.7. The largest absolute Gasteiger partial charge is 0.483 e. The Morgan fingerprint density at radius 2 is 1.68 bits per heavy atom. The van der Waals surface area contributed by atoms with Gasteiger partial charge in [0.05, 0.1) is 0 Å². The minimum Gasteiger partial charge on any atom is -0.483 e. The third-order valence-electron chi connectivity index (χ3n) is 4.95. The van der Waals surface area contributed by atoms with Crippen molar-refractivity contribution >= 4 is 17.8 Å². The smallest absolute Gasteiger partial charge is 0.323 e. The summed E-state index contributed by atoms with van der Waals surface area (Å²) in [6.45, 7) is 8.39. The number of piperidine rings is 1. The van der Waals surface area contributed by atoms with E-state index in [1.54, 1.807) is 26.0 Å². The summed E-state index contributed by atoms with van der Waals surface area (Å²) in [6, 6.07) is 3.14. The minimum absolute atomic E-state index is 0.0217. The fraction of sp³-hybridized carbons (Fsp3) is 0.571. The third kappa shape index (κ3) is 5.47. The van der Waals surface area contributed by atoms with Gasteiger partial charge in [-0.25, -0.2) is 0 Å². The number of benzene rings is 1. The summed E-state index contributed by atoms with van der Waals surface area (Å²) in [5, 5.41) is 9.06. The Bertz CT molecular complexity index is 715. The van der Waals surface area contributed by atoms with Crippen LogP contribution in [-0.4, -0.2) is 65.0 Å². The average Bonchev–Trinajstić information content (AvgIpc) is 2.64. The summed E-state index contributed by atoms with van der Waals surface area (Å²) in [5.41, 5.74) is 1.90. The van der Waals surface area contributed by atoms with Crippen molar-refractivity contribution in [3.63, 3.8) is 0 Å². The van der Waals surface area contributed by atoms with E-state index in [1.807, 2.05) is 18.7 Å². The molecular weight excluding hydrogens is 360 g/mol. The minimum atomic E-state index is -1.05. The van der Waals surface area contributed by atoms with Crippen LogP contribution in [0.25, 0.3) is 0 Å². The molecule has 0 bridgehead atoms. The molecule has 1 aliphatic rings. The number of hydrogen-bond acceptors (Lipinski definition) is 4. The van der Waals surface area contributed by atoms with Crippen LogP contribution in [0.15, 0.2) is 12.1 Å². The van der Waals surface area contributed by atoms with Crippen LogP contribution >= 0.6 is 0 Å². The number of aryl methyl sites for hydroxylation is 2. The summed E-state index contributed by atoms with van der Waals surface area (Å²) in [4.78, 5) is 39.3. The van der Waals surface area contributed by atoms with Gasteiger partial charge in [-0.3, -0.25) is 14.4 Å². The number of carbonyl (C=O) groups is 3. The standard InChI is InChI=1S/C21H30N2O5/c1-14(2)23(12-19(25)26)21(27)17-10-15(3)20(16(4)11-17)28-13-18(24)22-8-6-5-7-9-22/h10-11,14H,5-9,12-13H2,1-4H3,(H,25,26). The summed E-state index contributed by atoms with van der Waals surface area (Å²) in [7, 11) is 0. The molecule has 1 aliphatic heterocycles. The number of rotatable bonds is 7. The van der Waals surface area contributed by atoms with Crippen molar-refractivity contribution in [2.45, 2.75) is 53.0 Å². The van der Waals surface area contributed by atoms with Gasteiger partial charge in [0, 0.05) is 24.7 Å². The van der Waals surface area contributed by atoms with E-state index in [0.29, 0.717) is 11.3 Å². The van der Waals surface area contributed by atoms with Gasteiger partial charge in [0.2, 0.25) is 0 Å². The van der Waals surface area contributed by atoms with E-state index >= 15 is 0 Å². The Kier molecular flexibility index (Phi) is 7.43. The molecule has 1 saturated heterocycles. The van der Waals surface area contributed by atoms with Crippen LogP contribution < -0.4 is 4.74 Å². The zero-order valence-corrected chi connectivity index (χ0v) is 17.2. The molecule has 1 N–H and O–H groups in total. The highest BCUT2D eigenvalue weighted by atomic mass is 16.5. The predicted octanol–water partition coefficient (Wildman–Crippen LogP) is 2.63. The van der Waals surface area contributed by atoms with Crippen molar-refractivity contribution in [3.05, 3.63) is 28.8 Å². The fourth-order valence-corrected chi connectivity index (χ4v) is 3.47. The van der Waals surface area contributed by atoms with Gasteiger partial charge in [-0.1, -0.05) is 0 Å². The van der Waals surface area contributed by atoms with Crippen molar-refractivity contribution < 1.29 is 24.2 Å². The number of aliphatic carboxylic acids is 1. The summed E-state index contributed by atoms with van der Waals surface area (Å²) in [5.74, 6) is -0.812. The molecule has 7 heteroatoms. The van der Waals surface area contributed by atoms with Crippen LogP contribution in [0.3, 0.4) is 0 Å². The maximum absolute atomic E-state index is 12.8. The van der Waals surface area contributed by atoms with Crippen molar-refractivity contribution in [1.82, 2.24) is 9.80 Å². The van der Waals surface area contributed by atoms with Crippen LogP contribution in [-0.2, 0) is 9.59 Å². The molecule has 1 aromatic rings. The van der Waals surface area contributed by atoms with Crippen LogP contribution in [0, 0.1) is 13.8 Å². The molecule has 154 valence electrons. The molecule has 1 aromatic carbocycles. The van der Waals surface area contributed by atoms with E-state index in [-0.39, 0.29) is 31.0 Å². The van der Waals surface area contributed by atoms with Crippen molar-refractivity contribution in [2.75, 3.05) is 26.2 Å². The number of nitrogens with zero attached hydrogens (tertiary/aromatic N) is 2. The normalized spacial score (nSPS) is 14.1. The molecule has 0 radical (unpaired) electrons. The maximum Gasteiger partial charge on any atom is 0.323 e. The predicted molar refractivity (Wildman–Crippen MR) is 106 cm³/mol. The number of carboxylic acids is 1. The monoisotopic (exact) mass is 390 g/mol. The Hall–Kier alpha value is -2.57. The van der Waals surface area contributed by atoms with Crippen molar-refractivity contribution in [1.29, 1.82) is 0 Å². The van der Waals surface area contributed by atoms with Crippen LogP contribution in [0.5, 0.6) is 5.75 Å². The Morgan fingerprint density at radius 3 is 2.18 bits per heavy atom. The SMILES string of the molecule is Cc1cc(C(=O)N(CC(=O)O)C(C)C)cc(C)c1OCC(=O)N1CCCCC1. The Balaban J connectivity index is 2.11. The second kappa shape index (κ2) is 9.57. The van der Waals surface area contributed by atoms with E-state index in [4.69, 9.17) is 9.84 Å². The number of likely N-dealkylation sites (tertiary alicyclic amines) is 1. The van der Waals surface area contributed by atoms with Gasteiger partial charge in [0.15, 0.2) is 6.61 Å². The van der Waals surface area contributed by atoms with E-state index in [9.17, 15) is 14.4 Å². The third-order valence-corrected chi connectivity index (χ3v) is 4.95. The molecule has 0 saturated carbocycles. The highest BCUT2D eigenvalue weighted by molar-refractivity contribution is 5.96. The lowest BCUT2D eigenvalue weighted by molar-refractivity contribution is -0.138. The van der Waals surface area contributed by atoms with Gasteiger partial charge in [0.1, 0.15) is 12.3 Å². The molecule has 7 nitrogen and oxygen atoms in total. The fourth-order valence-electron chi connectivity index (χ4n) is 3.47. The Labute approximate surface area is 166 Å². The molecule has 0 unspecified atom stereocenters. The zero-order chi connectivity index (χ0) is 20.8. The van der Waals surface area contributed by atoms with E-state index in [1.165, 1.54) is 4.90 Å². The highest BCUT2D eigenvalue weighted by Crippen LogP contribution is 2.26. The molecule has 0 spiro atoms. The van der Waals surface area contributed by atoms with Crippen LogP contribution in [0.4, 0.5) is 0 Å². The van der Waals surface area contributed by atoms with E-state index in [0.717, 1.165) is 43.5 Å². The van der Waals surface area contributed by atoms with Crippen LogP contribution in [0.2, 0.25) is 0 Å². The lowest BCUT2D eigenvalue weighted by Crippen LogP contribution is -2.40. The summed E-state index contributed by atoms with van der Waals surface area (Å²) < 4.78 is 5.78. The van der Waals surface area contributed by atoms with E-state index in [2.05, 4.69) is 0 Å². The van der Waals surface area contributed by atoms with Gasteiger partial charge < -0.3 is 19.6 Å². The van der Waals surface area contributed by atoms with Crippen LogP contribution in [0.1, 0.15) is 54.6 Å². The lowest BCUT2D eigenvalue weighted by atomic mass is 10.0. The van der Waals surface area contributed by atoms with Gasteiger partial charge >= 0.3 is 5.97 Å². The molecular formula is C21H30N2O5. The quantitative estimate of drug-likeness (QED) is 0.773. The molecule has 0 aromatic heterocycles. The molecule has 1 fully saturated rings. The molecule has 0 aliphatic carbocycles. The number of carbonyl (C=O) groups excluding carboxylic acids is 2. The van der Waals surface area contributed by atoms with E-state index < -0.39 is 5.97 Å². The summed E-state index contributed by atoms with van der Waals surface area (Å²) >= 11 is 0. The van der Waals surface area contributed by atoms with Crippen molar-refractivity contribution in [2.24, 2.45) is 0 Å². The molecule has 2 amide bonds. The average molecular weight is 390 g/mol. The number of ether oxygens (including phenoxy) is 1. The highest BCUT2D eigenvalue weighted by Gasteiger charge is 2.23. The topological polar surface area (TPSA) is 87.1 Å². The summed E-state index contributed by atoms with van der Waals surface area (Å²) in [6.07, 6.45) is 3.22. The molecule has 2 rings (SSSR count). The number of carboxylic acid groups (broad SMARTS) is 1. The Morgan fingerprint density at radius 1 is 1.11 bits per heavy atom. The number of hydrogen-bond donors (Lipinski definition) is 1. The first-order valence-electron chi connectivity index (χ1n) is 9.75. The van der Waals surface area contributed by atoms with Gasteiger partial charge in [-0.15, -0.1) is 0 Å². The second-order valence-electron chi connectivity index (χ2n) is 7.59. The van der Waals surface area contributed by atoms with Crippen molar-refractivity contribution in [3.8, 4) is 5.75 Å². The lowest BCUT2D eigenvalue weighted by Gasteiger charge is -2.27. The maximum atomic E-state index is 12.8. The van der Waals surface area contributed by atoms with Gasteiger partial charge in [0.25, 0.3) is 11.8 Å². The zero-order valence-electron chi connectivity index (χ0n) is 17.2. The van der Waals surface area contributed by atoms with Gasteiger partial charge in [-0.2, -0.15) is 0 Å². The molecule has 28 heavy (non-hydrogen) atoms. The van der Waals surface area contributed by atoms with Gasteiger partial charge in [-0.05, 0) is 70.2 Å². The first-order chi connectivity index (χ1) is 13.2. The second-order valence-corrected chi connectivity index (χ2v) is 7.59. The first-order valence-corrected chi connectivity index (χ1v) is 9.75.